The van der Waals surface area contributed by atoms with Crippen LogP contribution in [0.4, 0.5) is 0 Å². The Balaban J connectivity index is 0.00000320. The number of nitrogens with one attached hydrogen (secondary N) is 2. The Labute approximate surface area is 185 Å². The molecular weight excluding hydrogens is 402 g/mol. The van der Waals surface area contributed by atoms with Crippen molar-refractivity contribution in [2.75, 3.05) is 13.1 Å². The summed E-state index contributed by atoms with van der Waals surface area (Å²) in [4.78, 5) is 12.6. The standard InChI is InChI=1S/C22H33N5O2.ClH/c1-15(2)11-17(4)29-21-12-16(3)5-6-18(21)13-24-22(28)20-14-27(26-25-20)19-7-9-23-10-8-19;/h5-6,12,14-15,17,19,23H,7-11,13H2,1-4H3,(H,24,28);1H. The van der Waals surface area contributed by atoms with Crippen molar-refractivity contribution in [1.82, 2.24) is 25.6 Å². The molecule has 0 radical (unpaired) electrons. The number of hydrogen-bond donors (Lipinski definition) is 2. The molecule has 8 heteroatoms. The van der Waals surface area contributed by atoms with Crippen molar-refractivity contribution in [3.63, 3.8) is 0 Å². The molecule has 1 aliphatic rings. The predicted octanol–water partition coefficient (Wildman–Crippen LogP) is 3.68. The molecule has 0 bridgehead atoms. The fraction of sp³-hybridized carbons (Fsp3) is 0.591. The van der Waals surface area contributed by atoms with Gasteiger partial charge in [-0.3, -0.25) is 4.79 Å². The topological polar surface area (TPSA) is 81.1 Å². The molecule has 2 N–H and O–H groups in total. The summed E-state index contributed by atoms with van der Waals surface area (Å²) in [6.45, 7) is 10.8. The van der Waals surface area contributed by atoms with E-state index in [2.05, 4.69) is 41.7 Å². The van der Waals surface area contributed by atoms with Crippen molar-refractivity contribution < 1.29 is 9.53 Å². The van der Waals surface area contributed by atoms with Gasteiger partial charge in [0.05, 0.1) is 18.3 Å². The number of halogens is 1. The van der Waals surface area contributed by atoms with Crippen LogP contribution in [-0.2, 0) is 6.54 Å². The van der Waals surface area contributed by atoms with Crippen LogP contribution in [0.25, 0.3) is 0 Å². The second-order valence-corrected chi connectivity index (χ2v) is 8.42. The van der Waals surface area contributed by atoms with Gasteiger partial charge in [0.2, 0.25) is 0 Å². The maximum absolute atomic E-state index is 12.6. The maximum Gasteiger partial charge on any atom is 0.273 e. The number of hydrogen-bond acceptors (Lipinski definition) is 5. The number of rotatable bonds is 8. The van der Waals surface area contributed by atoms with Gasteiger partial charge in [-0.05, 0) is 63.7 Å². The van der Waals surface area contributed by atoms with Gasteiger partial charge in [-0.1, -0.05) is 31.2 Å². The molecule has 0 aliphatic carbocycles. The third-order valence-corrected chi connectivity index (χ3v) is 5.22. The zero-order valence-electron chi connectivity index (χ0n) is 18.4. The molecule has 3 rings (SSSR count). The van der Waals surface area contributed by atoms with Crippen molar-refractivity contribution in [2.45, 2.75) is 65.6 Å². The summed E-state index contributed by atoms with van der Waals surface area (Å²) in [5.74, 6) is 1.18. The van der Waals surface area contributed by atoms with Crippen LogP contribution in [0.2, 0.25) is 0 Å². The van der Waals surface area contributed by atoms with E-state index in [-0.39, 0.29) is 24.4 Å². The molecule has 166 valence electrons. The molecule has 1 aromatic heterocycles. The average molecular weight is 436 g/mol. The van der Waals surface area contributed by atoms with Gasteiger partial charge in [0.15, 0.2) is 5.69 Å². The van der Waals surface area contributed by atoms with Gasteiger partial charge in [-0.15, -0.1) is 17.5 Å². The van der Waals surface area contributed by atoms with Crippen LogP contribution in [0.1, 0.15) is 67.7 Å². The molecule has 1 aliphatic heterocycles. The Bertz CT molecular complexity index is 818. The van der Waals surface area contributed by atoms with Crippen LogP contribution in [0.5, 0.6) is 5.75 Å². The van der Waals surface area contributed by atoms with Crippen LogP contribution < -0.4 is 15.4 Å². The Morgan fingerprint density at radius 1 is 1.30 bits per heavy atom. The number of carbonyl (C=O) groups is 1. The zero-order chi connectivity index (χ0) is 20.8. The van der Waals surface area contributed by atoms with Crippen LogP contribution >= 0.6 is 12.4 Å². The van der Waals surface area contributed by atoms with Crippen molar-refractivity contribution in [2.24, 2.45) is 5.92 Å². The maximum atomic E-state index is 12.6. The molecule has 1 amide bonds. The van der Waals surface area contributed by atoms with E-state index in [1.807, 2.05) is 29.8 Å². The van der Waals surface area contributed by atoms with E-state index in [4.69, 9.17) is 4.74 Å². The highest BCUT2D eigenvalue weighted by molar-refractivity contribution is 5.91. The van der Waals surface area contributed by atoms with Gasteiger partial charge in [-0.25, -0.2) is 4.68 Å². The molecule has 2 aromatic rings. The Hall–Kier alpha value is -2.12. The zero-order valence-corrected chi connectivity index (χ0v) is 19.2. The molecule has 2 heterocycles. The van der Waals surface area contributed by atoms with E-state index in [9.17, 15) is 4.79 Å². The number of nitrogens with zero attached hydrogens (tertiary/aromatic N) is 3. The summed E-state index contributed by atoms with van der Waals surface area (Å²) < 4.78 is 7.99. The lowest BCUT2D eigenvalue weighted by Crippen LogP contribution is -2.29. The summed E-state index contributed by atoms with van der Waals surface area (Å²) in [5, 5.41) is 14.5. The minimum absolute atomic E-state index is 0. The lowest BCUT2D eigenvalue weighted by molar-refractivity contribution is 0.0945. The van der Waals surface area contributed by atoms with Crippen LogP contribution in [0.15, 0.2) is 24.4 Å². The van der Waals surface area contributed by atoms with Crippen molar-refractivity contribution in [1.29, 1.82) is 0 Å². The SMILES string of the molecule is Cc1ccc(CNC(=O)c2cn(C3CCNCC3)nn2)c(OC(C)CC(C)C)c1.Cl. The molecule has 1 aromatic carbocycles. The first kappa shape index (κ1) is 24.2. The number of carbonyl (C=O) groups excluding carboxylic acids is 1. The second-order valence-electron chi connectivity index (χ2n) is 8.42. The van der Waals surface area contributed by atoms with E-state index in [0.29, 0.717) is 24.2 Å². The molecule has 1 saturated heterocycles. The minimum atomic E-state index is -0.216. The van der Waals surface area contributed by atoms with Gasteiger partial charge < -0.3 is 15.4 Å². The number of aromatic nitrogens is 3. The molecule has 7 nitrogen and oxygen atoms in total. The highest BCUT2D eigenvalue weighted by atomic mass is 35.5. The summed E-state index contributed by atoms with van der Waals surface area (Å²) in [7, 11) is 0. The number of ether oxygens (including phenoxy) is 1. The fourth-order valence-electron chi connectivity index (χ4n) is 3.74. The second kappa shape index (κ2) is 11.3. The monoisotopic (exact) mass is 435 g/mol. The smallest absolute Gasteiger partial charge is 0.273 e. The van der Waals surface area contributed by atoms with E-state index < -0.39 is 0 Å². The average Bonchev–Trinajstić information content (AvgIpc) is 3.17. The first-order chi connectivity index (χ1) is 13.9. The number of aryl methyl sites for hydroxylation is 1. The van der Waals surface area contributed by atoms with Gasteiger partial charge >= 0.3 is 0 Å². The van der Waals surface area contributed by atoms with Crippen LogP contribution in [-0.4, -0.2) is 40.1 Å². The molecule has 1 fully saturated rings. The highest BCUT2D eigenvalue weighted by Crippen LogP contribution is 2.23. The van der Waals surface area contributed by atoms with E-state index in [0.717, 1.165) is 49.2 Å². The first-order valence-electron chi connectivity index (χ1n) is 10.6. The Morgan fingerprint density at radius 2 is 2.03 bits per heavy atom. The lowest BCUT2D eigenvalue weighted by atomic mass is 10.1. The molecule has 0 spiro atoms. The fourth-order valence-corrected chi connectivity index (χ4v) is 3.74. The molecule has 1 atom stereocenters. The molecular formula is C22H34ClN5O2. The Morgan fingerprint density at radius 3 is 2.73 bits per heavy atom. The molecule has 30 heavy (non-hydrogen) atoms. The summed E-state index contributed by atoms with van der Waals surface area (Å²) in [6, 6.07) is 6.39. The summed E-state index contributed by atoms with van der Waals surface area (Å²) >= 11 is 0. The van der Waals surface area contributed by atoms with Gasteiger partial charge in [0, 0.05) is 12.1 Å². The van der Waals surface area contributed by atoms with Crippen LogP contribution in [0, 0.1) is 12.8 Å². The van der Waals surface area contributed by atoms with Crippen molar-refractivity contribution in [3.05, 3.63) is 41.2 Å². The van der Waals surface area contributed by atoms with Gasteiger partial charge in [-0.2, -0.15) is 0 Å². The highest BCUT2D eigenvalue weighted by Gasteiger charge is 2.19. The normalized spacial score (nSPS) is 15.5. The van der Waals surface area contributed by atoms with E-state index in [1.165, 1.54) is 0 Å². The van der Waals surface area contributed by atoms with Gasteiger partial charge in [0.1, 0.15) is 5.75 Å². The van der Waals surface area contributed by atoms with E-state index >= 15 is 0 Å². The third kappa shape index (κ3) is 6.71. The molecule has 0 saturated carbocycles. The Kier molecular flexibility index (Phi) is 9.11. The summed E-state index contributed by atoms with van der Waals surface area (Å²) in [6.07, 6.45) is 4.87. The summed E-state index contributed by atoms with van der Waals surface area (Å²) in [5.41, 5.74) is 2.45. The number of piperidine rings is 1. The van der Waals surface area contributed by atoms with Gasteiger partial charge in [0.25, 0.3) is 5.91 Å². The number of amides is 1. The van der Waals surface area contributed by atoms with Crippen molar-refractivity contribution >= 4 is 18.3 Å². The minimum Gasteiger partial charge on any atom is -0.490 e. The predicted molar refractivity (Wildman–Crippen MR) is 120 cm³/mol. The first-order valence-corrected chi connectivity index (χ1v) is 10.6. The number of benzene rings is 1. The quantitative estimate of drug-likeness (QED) is 0.661. The van der Waals surface area contributed by atoms with E-state index in [1.54, 1.807) is 6.20 Å². The molecule has 1 unspecified atom stereocenters. The van der Waals surface area contributed by atoms with Crippen LogP contribution in [0.3, 0.4) is 0 Å². The van der Waals surface area contributed by atoms with Crippen molar-refractivity contribution in [3.8, 4) is 5.75 Å². The lowest BCUT2D eigenvalue weighted by Gasteiger charge is -2.22. The third-order valence-electron chi connectivity index (χ3n) is 5.22. The largest absolute Gasteiger partial charge is 0.490 e.